The molecule has 1 aliphatic rings. The van der Waals surface area contributed by atoms with Crippen molar-refractivity contribution in [2.45, 2.75) is 18.2 Å². The first-order valence-corrected chi connectivity index (χ1v) is 6.45. The zero-order valence-electron chi connectivity index (χ0n) is 9.87. The van der Waals surface area contributed by atoms with E-state index in [1.54, 1.807) is 14.2 Å². The molecule has 1 aliphatic carbocycles. The first-order chi connectivity index (χ1) is 7.67. The van der Waals surface area contributed by atoms with Gasteiger partial charge in [0.15, 0.2) is 0 Å². The normalized spacial score (nSPS) is 25.0. The summed E-state index contributed by atoms with van der Waals surface area (Å²) >= 11 is 3.77. The number of hydrogen-bond donors (Lipinski definition) is 0. The summed E-state index contributed by atoms with van der Waals surface area (Å²) in [6.07, 6.45) is 1.30. The third kappa shape index (κ3) is 2.19. The van der Waals surface area contributed by atoms with Crippen molar-refractivity contribution in [1.29, 1.82) is 0 Å². The second kappa shape index (κ2) is 4.66. The molecule has 0 spiro atoms. The minimum Gasteiger partial charge on any atom is -0.497 e. The highest BCUT2D eigenvalue weighted by Gasteiger charge is 2.39. The molecule has 1 aromatic carbocycles. The van der Waals surface area contributed by atoms with Gasteiger partial charge in [-0.2, -0.15) is 0 Å². The van der Waals surface area contributed by atoms with Crippen molar-refractivity contribution in [3.63, 3.8) is 0 Å². The van der Waals surface area contributed by atoms with Crippen LogP contribution < -0.4 is 9.47 Å². The molecule has 0 aromatic heterocycles. The smallest absolute Gasteiger partial charge is 0.126 e. The van der Waals surface area contributed by atoms with Gasteiger partial charge in [-0.25, -0.2) is 0 Å². The Hall–Kier alpha value is -0.700. The fraction of sp³-hybridized carbons (Fsp3) is 0.538. The average Bonchev–Trinajstić information content (AvgIpc) is 3.04. The molecule has 2 nitrogen and oxygen atoms in total. The van der Waals surface area contributed by atoms with E-state index in [-0.39, 0.29) is 0 Å². The molecule has 0 radical (unpaired) electrons. The molecule has 88 valence electrons. The van der Waals surface area contributed by atoms with Crippen LogP contribution in [0.15, 0.2) is 18.2 Å². The molecule has 3 unspecified atom stereocenters. The Kier molecular flexibility index (Phi) is 3.43. The third-order valence-electron chi connectivity index (χ3n) is 3.29. The van der Waals surface area contributed by atoms with Gasteiger partial charge in [0.1, 0.15) is 11.5 Å². The molecule has 0 N–H and O–H groups in total. The number of rotatable bonds is 4. The lowest BCUT2D eigenvalue weighted by Crippen LogP contribution is -1.98. The quantitative estimate of drug-likeness (QED) is 0.783. The minimum absolute atomic E-state index is 0.392. The van der Waals surface area contributed by atoms with Crippen LogP contribution >= 0.6 is 15.9 Å². The van der Waals surface area contributed by atoms with E-state index in [0.717, 1.165) is 23.3 Å². The van der Waals surface area contributed by atoms with Gasteiger partial charge in [-0.15, -0.1) is 0 Å². The molecule has 16 heavy (non-hydrogen) atoms. The molecule has 0 aliphatic heterocycles. The number of benzene rings is 1. The summed E-state index contributed by atoms with van der Waals surface area (Å²) in [5, 5.41) is 0. The summed E-state index contributed by atoms with van der Waals surface area (Å²) < 4.78 is 10.6. The van der Waals surface area contributed by atoms with E-state index in [4.69, 9.17) is 9.47 Å². The molecule has 0 amide bonds. The van der Waals surface area contributed by atoms with Gasteiger partial charge >= 0.3 is 0 Å². The maximum Gasteiger partial charge on any atom is 0.126 e. The maximum atomic E-state index is 5.41. The van der Waals surface area contributed by atoms with Crippen molar-refractivity contribution in [3.8, 4) is 11.5 Å². The lowest BCUT2D eigenvalue weighted by molar-refractivity contribution is 0.390. The maximum absolute atomic E-state index is 5.41. The molecule has 3 atom stereocenters. The molecule has 0 saturated heterocycles. The number of hydrogen-bond acceptors (Lipinski definition) is 2. The Balaban J connectivity index is 2.25. The summed E-state index contributed by atoms with van der Waals surface area (Å²) in [5.41, 5.74) is 1.22. The second-order valence-corrected chi connectivity index (χ2v) is 5.37. The number of halogens is 1. The predicted molar refractivity (Wildman–Crippen MR) is 68.5 cm³/mol. The topological polar surface area (TPSA) is 18.5 Å². The first kappa shape index (κ1) is 11.8. The Morgan fingerprint density at radius 2 is 2.00 bits per heavy atom. The molecule has 1 saturated carbocycles. The summed E-state index contributed by atoms with van der Waals surface area (Å²) in [6.45, 7) is 2.29. The van der Waals surface area contributed by atoms with Crippen LogP contribution in [0.3, 0.4) is 0 Å². The Morgan fingerprint density at radius 1 is 1.31 bits per heavy atom. The van der Waals surface area contributed by atoms with Gasteiger partial charge in [-0.05, 0) is 24.3 Å². The van der Waals surface area contributed by atoms with Crippen molar-refractivity contribution in [2.75, 3.05) is 14.2 Å². The zero-order valence-corrected chi connectivity index (χ0v) is 11.5. The van der Waals surface area contributed by atoms with Crippen LogP contribution in [0.4, 0.5) is 0 Å². The molecular weight excluding hydrogens is 268 g/mol. The van der Waals surface area contributed by atoms with Gasteiger partial charge in [0.2, 0.25) is 0 Å². The molecular formula is C13H17BrO2. The standard InChI is InChI=1S/C13H17BrO2/c1-8-6-11(8)13(14)10-5-4-9(15-2)7-12(10)16-3/h4-5,7-8,11,13H,6H2,1-3H3. The fourth-order valence-corrected chi connectivity index (χ4v) is 3.15. The van der Waals surface area contributed by atoms with Gasteiger partial charge < -0.3 is 9.47 Å². The molecule has 0 bridgehead atoms. The van der Waals surface area contributed by atoms with Gasteiger partial charge in [-0.3, -0.25) is 0 Å². The number of ether oxygens (including phenoxy) is 2. The van der Waals surface area contributed by atoms with Gasteiger partial charge in [0.25, 0.3) is 0 Å². The van der Waals surface area contributed by atoms with Gasteiger partial charge in [0.05, 0.1) is 14.2 Å². The van der Waals surface area contributed by atoms with Gasteiger partial charge in [-0.1, -0.05) is 28.9 Å². The van der Waals surface area contributed by atoms with Gasteiger partial charge in [0, 0.05) is 16.5 Å². The highest BCUT2D eigenvalue weighted by molar-refractivity contribution is 9.09. The van der Waals surface area contributed by atoms with E-state index in [1.807, 2.05) is 12.1 Å². The van der Waals surface area contributed by atoms with Crippen molar-refractivity contribution in [2.24, 2.45) is 11.8 Å². The van der Waals surface area contributed by atoms with Crippen LogP contribution in [-0.4, -0.2) is 14.2 Å². The lowest BCUT2D eigenvalue weighted by atomic mass is 10.1. The molecule has 1 fully saturated rings. The van der Waals surface area contributed by atoms with Crippen LogP contribution in [0.25, 0.3) is 0 Å². The van der Waals surface area contributed by atoms with Crippen molar-refractivity contribution >= 4 is 15.9 Å². The second-order valence-electron chi connectivity index (χ2n) is 4.39. The highest BCUT2D eigenvalue weighted by Crippen LogP contribution is 2.53. The van der Waals surface area contributed by atoms with E-state index in [9.17, 15) is 0 Å². The van der Waals surface area contributed by atoms with Crippen LogP contribution in [0.5, 0.6) is 11.5 Å². The SMILES string of the molecule is COc1ccc(C(Br)C2CC2C)c(OC)c1. The largest absolute Gasteiger partial charge is 0.497 e. The molecule has 3 heteroatoms. The fourth-order valence-electron chi connectivity index (χ4n) is 2.04. The van der Waals surface area contributed by atoms with Crippen LogP contribution in [0.1, 0.15) is 23.7 Å². The van der Waals surface area contributed by atoms with E-state index in [1.165, 1.54) is 12.0 Å². The van der Waals surface area contributed by atoms with Crippen molar-refractivity contribution in [1.82, 2.24) is 0 Å². The minimum atomic E-state index is 0.392. The first-order valence-electron chi connectivity index (χ1n) is 5.53. The Morgan fingerprint density at radius 3 is 2.50 bits per heavy atom. The van der Waals surface area contributed by atoms with E-state index in [2.05, 4.69) is 28.9 Å². The van der Waals surface area contributed by atoms with E-state index in [0.29, 0.717) is 4.83 Å². The average molecular weight is 285 g/mol. The highest BCUT2D eigenvalue weighted by atomic mass is 79.9. The summed E-state index contributed by atoms with van der Waals surface area (Å²) in [4.78, 5) is 0.392. The van der Waals surface area contributed by atoms with E-state index >= 15 is 0 Å². The summed E-state index contributed by atoms with van der Waals surface area (Å²) in [6, 6.07) is 6.01. The summed E-state index contributed by atoms with van der Waals surface area (Å²) in [7, 11) is 3.37. The van der Waals surface area contributed by atoms with Crippen molar-refractivity contribution in [3.05, 3.63) is 23.8 Å². The Labute approximate surface area is 105 Å². The van der Waals surface area contributed by atoms with Crippen molar-refractivity contribution < 1.29 is 9.47 Å². The summed E-state index contributed by atoms with van der Waals surface area (Å²) in [5.74, 6) is 3.29. The van der Waals surface area contributed by atoms with Crippen LogP contribution in [0, 0.1) is 11.8 Å². The van der Waals surface area contributed by atoms with E-state index < -0.39 is 0 Å². The Bertz CT molecular complexity index is 378. The van der Waals surface area contributed by atoms with Crippen LogP contribution in [0.2, 0.25) is 0 Å². The zero-order chi connectivity index (χ0) is 11.7. The van der Waals surface area contributed by atoms with Crippen LogP contribution in [-0.2, 0) is 0 Å². The lowest BCUT2D eigenvalue weighted by Gasteiger charge is -2.15. The predicted octanol–water partition coefficient (Wildman–Crippen LogP) is 3.80. The third-order valence-corrected chi connectivity index (χ3v) is 4.46. The monoisotopic (exact) mass is 284 g/mol. The molecule has 2 rings (SSSR count). The number of alkyl halides is 1. The molecule has 0 heterocycles. The number of methoxy groups -OCH3 is 2. The molecule has 1 aromatic rings.